The van der Waals surface area contributed by atoms with Crippen molar-refractivity contribution < 1.29 is 5.11 Å². The van der Waals surface area contributed by atoms with Crippen molar-refractivity contribution >= 4 is 10.8 Å². The average Bonchev–Trinajstić information content (AvgIpc) is 3.31. The van der Waals surface area contributed by atoms with E-state index in [4.69, 9.17) is 5.73 Å². The normalized spacial score (nSPS) is 12.5. The molecule has 2 aromatic heterocycles. The van der Waals surface area contributed by atoms with Gasteiger partial charge in [-0.15, -0.1) is 5.10 Å². The summed E-state index contributed by atoms with van der Waals surface area (Å²) in [4.78, 5) is 0. The van der Waals surface area contributed by atoms with Crippen molar-refractivity contribution in [3.05, 3.63) is 77.9 Å². The molecule has 7 nitrogen and oxygen atoms in total. The van der Waals surface area contributed by atoms with Gasteiger partial charge in [0.15, 0.2) is 0 Å². The molecule has 4 aromatic rings. The highest BCUT2D eigenvalue weighted by atomic mass is 16.3. The summed E-state index contributed by atoms with van der Waals surface area (Å²) < 4.78 is 3.45. The first-order chi connectivity index (χ1) is 13.2. The fraction of sp³-hybridized carbons (Fsp3) is 0.250. The fourth-order valence-electron chi connectivity index (χ4n) is 3.18. The maximum Gasteiger partial charge on any atom is 0.104 e. The van der Waals surface area contributed by atoms with Crippen LogP contribution in [-0.4, -0.2) is 36.0 Å². The van der Waals surface area contributed by atoms with E-state index >= 15 is 0 Å². The average molecular weight is 362 g/mol. The number of aliphatic hydroxyl groups is 1. The van der Waals surface area contributed by atoms with Gasteiger partial charge >= 0.3 is 0 Å². The Morgan fingerprint density at radius 1 is 1.00 bits per heavy atom. The summed E-state index contributed by atoms with van der Waals surface area (Å²) in [6.45, 7) is 1.39. The van der Waals surface area contributed by atoms with Crippen molar-refractivity contribution in [3.8, 4) is 0 Å². The van der Waals surface area contributed by atoms with Gasteiger partial charge in [-0.1, -0.05) is 47.7 Å². The van der Waals surface area contributed by atoms with Crippen molar-refractivity contribution in [1.82, 2.24) is 24.8 Å². The van der Waals surface area contributed by atoms with Crippen molar-refractivity contribution in [1.29, 1.82) is 0 Å². The Kier molecular flexibility index (Phi) is 4.95. The van der Waals surface area contributed by atoms with E-state index in [0.717, 1.165) is 16.8 Å². The monoisotopic (exact) mass is 362 g/mol. The van der Waals surface area contributed by atoms with E-state index < -0.39 is 6.10 Å². The molecule has 1 unspecified atom stereocenters. The third kappa shape index (κ3) is 4.21. The van der Waals surface area contributed by atoms with Gasteiger partial charge in [-0.2, -0.15) is 5.10 Å². The molecule has 2 aromatic carbocycles. The number of rotatable bonds is 7. The van der Waals surface area contributed by atoms with Gasteiger partial charge in [-0.05, 0) is 16.3 Å². The zero-order valence-electron chi connectivity index (χ0n) is 14.9. The second kappa shape index (κ2) is 7.69. The molecule has 1 atom stereocenters. The molecule has 0 aliphatic heterocycles. The molecule has 0 spiro atoms. The van der Waals surface area contributed by atoms with Gasteiger partial charge in [0.25, 0.3) is 0 Å². The number of hydrogen-bond donors (Lipinski definition) is 2. The van der Waals surface area contributed by atoms with Crippen LogP contribution in [0.3, 0.4) is 0 Å². The Labute approximate surface area is 157 Å². The second-order valence-electron chi connectivity index (χ2n) is 6.72. The first kappa shape index (κ1) is 17.4. The summed E-state index contributed by atoms with van der Waals surface area (Å²) in [5.41, 5.74) is 8.47. The lowest BCUT2D eigenvalue weighted by Crippen LogP contribution is -2.19. The maximum atomic E-state index is 10.4. The number of hydrogen-bond acceptors (Lipinski definition) is 5. The van der Waals surface area contributed by atoms with Gasteiger partial charge in [-0.3, -0.25) is 4.68 Å². The number of benzene rings is 2. The number of aliphatic hydroxyl groups excluding tert-OH is 1. The molecule has 0 saturated carbocycles. The molecule has 0 saturated heterocycles. The Balaban J connectivity index is 1.37. The minimum Gasteiger partial charge on any atom is -0.391 e. The van der Waals surface area contributed by atoms with Crippen LogP contribution in [0.2, 0.25) is 0 Å². The Morgan fingerprint density at radius 3 is 2.67 bits per heavy atom. The summed E-state index contributed by atoms with van der Waals surface area (Å²) in [5.74, 6) is 0. The van der Waals surface area contributed by atoms with Gasteiger partial charge in [-0.25, -0.2) is 4.68 Å². The zero-order valence-corrected chi connectivity index (χ0v) is 14.9. The highest BCUT2D eigenvalue weighted by molar-refractivity contribution is 5.82. The third-order valence-electron chi connectivity index (χ3n) is 4.52. The maximum absolute atomic E-state index is 10.4. The number of aromatic nitrogens is 5. The Morgan fingerprint density at radius 2 is 1.85 bits per heavy atom. The van der Waals surface area contributed by atoms with E-state index in [1.54, 1.807) is 15.6 Å². The predicted molar refractivity (Wildman–Crippen MR) is 103 cm³/mol. The van der Waals surface area contributed by atoms with Crippen LogP contribution in [0.15, 0.2) is 61.1 Å². The number of nitrogens with two attached hydrogens (primary N) is 1. The van der Waals surface area contributed by atoms with E-state index in [1.807, 2.05) is 24.5 Å². The van der Waals surface area contributed by atoms with Crippen LogP contribution < -0.4 is 5.73 Å². The molecule has 0 radical (unpaired) electrons. The zero-order chi connectivity index (χ0) is 18.6. The van der Waals surface area contributed by atoms with Crippen molar-refractivity contribution in [2.45, 2.75) is 32.2 Å². The van der Waals surface area contributed by atoms with Crippen molar-refractivity contribution in [2.75, 3.05) is 0 Å². The Hall–Kier alpha value is -3.03. The van der Waals surface area contributed by atoms with Crippen LogP contribution in [0.4, 0.5) is 0 Å². The molecule has 138 valence electrons. The summed E-state index contributed by atoms with van der Waals surface area (Å²) in [5, 5.41) is 25.3. The molecule has 0 fully saturated rings. The lowest BCUT2D eigenvalue weighted by atomic mass is 10.0. The fourth-order valence-corrected chi connectivity index (χ4v) is 3.18. The molecule has 7 heteroatoms. The van der Waals surface area contributed by atoms with E-state index in [9.17, 15) is 5.11 Å². The van der Waals surface area contributed by atoms with Crippen LogP contribution in [-0.2, 0) is 26.1 Å². The molecule has 4 rings (SSSR count). The molecule has 2 heterocycles. The lowest BCUT2D eigenvalue weighted by Gasteiger charge is -2.11. The SMILES string of the molecule is NCc1cnn(Cc2cn(CC(O)Cc3ccc4ccccc4c3)nn2)c1. The van der Waals surface area contributed by atoms with E-state index in [2.05, 4.69) is 45.7 Å². The summed E-state index contributed by atoms with van der Waals surface area (Å²) in [7, 11) is 0. The Bertz CT molecular complexity index is 1040. The number of fused-ring (bicyclic) bond motifs is 1. The van der Waals surface area contributed by atoms with Crippen LogP contribution in [0, 0.1) is 0 Å². The third-order valence-corrected chi connectivity index (χ3v) is 4.52. The van der Waals surface area contributed by atoms with E-state index in [1.165, 1.54) is 10.8 Å². The standard InChI is InChI=1S/C20H22N6O/c21-9-16-10-22-25(11-16)12-19-13-26(24-23-19)14-20(27)8-15-5-6-17-3-1-2-4-18(17)7-15/h1-7,10-11,13,20,27H,8-9,12,14,21H2. The highest BCUT2D eigenvalue weighted by Crippen LogP contribution is 2.17. The lowest BCUT2D eigenvalue weighted by molar-refractivity contribution is 0.148. The molecule has 0 aliphatic carbocycles. The molecule has 0 bridgehead atoms. The minimum absolute atomic E-state index is 0.396. The number of nitrogens with zero attached hydrogens (tertiary/aromatic N) is 5. The van der Waals surface area contributed by atoms with Crippen LogP contribution in [0.25, 0.3) is 10.8 Å². The molecular formula is C20H22N6O. The summed E-state index contributed by atoms with van der Waals surface area (Å²) >= 11 is 0. The summed E-state index contributed by atoms with van der Waals surface area (Å²) in [6, 6.07) is 14.5. The van der Waals surface area contributed by atoms with Crippen molar-refractivity contribution in [3.63, 3.8) is 0 Å². The minimum atomic E-state index is -0.533. The molecule has 3 N–H and O–H groups in total. The van der Waals surface area contributed by atoms with Gasteiger partial charge in [0.2, 0.25) is 0 Å². The highest BCUT2D eigenvalue weighted by Gasteiger charge is 2.10. The topological polar surface area (TPSA) is 94.8 Å². The molecule has 0 amide bonds. The van der Waals surface area contributed by atoms with Crippen molar-refractivity contribution in [2.24, 2.45) is 5.73 Å². The van der Waals surface area contributed by atoms with Crippen LogP contribution in [0.1, 0.15) is 16.8 Å². The quantitative estimate of drug-likeness (QED) is 0.522. The van der Waals surface area contributed by atoms with E-state index in [-0.39, 0.29) is 0 Å². The van der Waals surface area contributed by atoms with Gasteiger partial charge < -0.3 is 10.8 Å². The van der Waals surface area contributed by atoms with Crippen LogP contribution in [0.5, 0.6) is 0 Å². The molecule has 27 heavy (non-hydrogen) atoms. The smallest absolute Gasteiger partial charge is 0.104 e. The van der Waals surface area contributed by atoms with Gasteiger partial charge in [0.1, 0.15) is 5.69 Å². The van der Waals surface area contributed by atoms with Gasteiger partial charge in [0.05, 0.1) is 31.6 Å². The second-order valence-corrected chi connectivity index (χ2v) is 6.72. The summed E-state index contributed by atoms with van der Waals surface area (Å²) in [6.07, 6.45) is 5.52. The predicted octanol–water partition coefficient (Wildman–Crippen LogP) is 1.74. The molecular weight excluding hydrogens is 340 g/mol. The largest absolute Gasteiger partial charge is 0.391 e. The first-order valence-electron chi connectivity index (χ1n) is 8.96. The van der Waals surface area contributed by atoms with E-state index in [0.29, 0.717) is 26.1 Å². The van der Waals surface area contributed by atoms with Crippen LogP contribution >= 0.6 is 0 Å². The molecule has 0 aliphatic rings. The first-order valence-corrected chi connectivity index (χ1v) is 8.96. The van der Waals surface area contributed by atoms with Gasteiger partial charge in [0, 0.05) is 24.7 Å².